The Hall–Kier alpha value is -2.44. The van der Waals surface area contributed by atoms with Crippen LogP contribution in [-0.4, -0.2) is 49.9 Å². The van der Waals surface area contributed by atoms with Crippen LogP contribution in [0.5, 0.6) is 0 Å². The van der Waals surface area contributed by atoms with E-state index in [1.807, 2.05) is 0 Å². The van der Waals surface area contributed by atoms with E-state index in [2.05, 4.69) is 0 Å². The number of likely N-dealkylation sites (N-methyl/N-ethyl adjacent to an activating group) is 1. The molecule has 0 N–H and O–H groups in total. The molecule has 0 saturated carbocycles. The maximum absolute atomic E-state index is 13.7. The van der Waals surface area contributed by atoms with Crippen LogP contribution >= 0.6 is 0 Å². The number of carbonyl (C=O) groups is 3. The number of nitrogens with zero attached hydrogens (tertiary/aromatic N) is 2. The van der Waals surface area contributed by atoms with E-state index in [-0.39, 0.29) is 37.1 Å². The summed E-state index contributed by atoms with van der Waals surface area (Å²) < 4.78 is 18.6. The van der Waals surface area contributed by atoms with Crippen LogP contribution in [0.25, 0.3) is 0 Å². The largest absolute Gasteiger partial charge is 0.455 e. The molecule has 0 aromatic heterocycles. The molecule has 118 valence electrons. The number of hydrogen-bond acceptors (Lipinski definition) is 4. The number of anilines is 1. The second-order valence-corrected chi connectivity index (χ2v) is 5.25. The van der Waals surface area contributed by atoms with Crippen LogP contribution in [0.2, 0.25) is 0 Å². The van der Waals surface area contributed by atoms with Gasteiger partial charge in [-0.15, -0.1) is 0 Å². The van der Waals surface area contributed by atoms with E-state index in [1.165, 1.54) is 28.0 Å². The Balaban J connectivity index is 1.99. The topological polar surface area (TPSA) is 66.9 Å². The molecule has 1 atom stereocenters. The highest BCUT2D eigenvalue weighted by Gasteiger charge is 2.37. The van der Waals surface area contributed by atoms with Crippen molar-refractivity contribution in [1.82, 2.24) is 4.90 Å². The van der Waals surface area contributed by atoms with Gasteiger partial charge in [0.1, 0.15) is 5.82 Å². The molecule has 1 heterocycles. The van der Waals surface area contributed by atoms with Crippen LogP contribution in [0.1, 0.15) is 6.42 Å². The lowest BCUT2D eigenvalue weighted by Gasteiger charge is -2.17. The van der Waals surface area contributed by atoms with Gasteiger partial charge in [0.05, 0.1) is 11.6 Å². The van der Waals surface area contributed by atoms with E-state index in [0.717, 1.165) is 0 Å². The number of esters is 1. The van der Waals surface area contributed by atoms with Gasteiger partial charge >= 0.3 is 5.97 Å². The van der Waals surface area contributed by atoms with Crippen molar-refractivity contribution in [3.8, 4) is 0 Å². The van der Waals surface area contributed by atoms with E-state index >= 15 is 0 Å². The predicted molar refractivity (Wildman–Crippen MR) is 76.5 cm³/mol. The monoisotopic (exact) mass is 308 g/mol. The predicted octanol–water partition coefficient (Wildman–Crippen LogP) is 0.810. The fraction of sp³-hybridized carbons (Fsp3) is 0.400. The summed E-state index contributed by atoms with van der Waals surface area (Å²) in [5, 5.41) is 0. The summed E-state index contributed by atoms with van der Waals surface area (Å²) in [7, 11) is 3.10. The minimum absolute atomic E-state index is 0.0504. The van der Waals surface area contributed by atoms with Crippen molar-refractivity contribution in [2.75, 3.05) is 32.1 Å². The van der Waals surface area contributed by atoms with Crippen LogP contribution in [0.4, 0.5) is 10.1 Å². The number of amides is 2. The third kappa shape index (κ3) is 3.41. The first-order chi connectivity index (χ1) is 10.4. The van der Waals surface area contributed by atoms with E-state index in [9.17, 15) is 18.8 Å². The maximum atomic E-state index is 13.7. The SMILES string of the molecule is CN(C)C(=O)COC(=O)[C@@H]1CC(=O)N(c2ccccc2F)C1. The van der Waals surface area contributed by atoms with Gasteiger partial charge in [-0.1, -0.05) is 12.1 Å². The highest BCUT2D eigenvalue weighted by molar-refractivity contribution is 5.99. The Labute approximate surface area is 127 Å². The van der Waals surface area contributed by atoms with Crippen molar-refractivity contribution < 1.29 is 23.5 Å². The Bertz CT molecular complexity index is 603. The van der Waals surface area contributed by atoms with Crippen LogP contribution < -0.4 is 4.90 Å². The second kappa shape index (κ2) is 6.55. The van der Waals surface area contributed by atoms with Crippen molar-refractivity contribution in [3.63, 3.8) is 0 Å². The third-order valence-corrected chi connectivity index (χ3v) is 3.44. The van der Waals surface area contributed by atoms with Gasteiger partial charge < -0.3 is 14.5 Å². The van der Waals surface area contributed by atoms with Crippen molar-refractivity contribution in [1.29, 1.82) is 0 Å². The highest BCUT2D eigenvalue weighted by Crippen LogP contribution is 2.27. The average molecular weight is 308 g/mol. The molecule has 0 bridgehead atoms. The number of ether oxygens (including phenoxy) is 1. The number of hydrogen-bond donors (Lipinski definition) is 0. The van der Waals surface area contributed by atoms with E-state index in [0.29, 0.717) is 0 Å². The summed E-state index contributed by atoms with van der Waals surface area (Å²) >= 11 is 0. The van der Waals surface area contributed by atoms with Gasteiger partial charge in [-0.25, -0.2) is 4.39 Å². The molecule has 0 spiro atoms. The quantitative estimate of drug-likeness (QED) is 0.772. The molecular weight excluding hydrogens is 291 g/mol. The number of rotatable bonds is 4. The Kier molecular flexibility index (Phi) is 4.75. The molecule has 2 amide bonds. The molecule has 1 saturated heterocycles. The van der Waals surface area contributed by atoms with Gasteiger partial charge in [-0.2, -0.15) is 0 Å². The highest BCUT2D eigenvalue weighted by atomic mass is 19.1. The minimum atomic E-state index is -0.693. The zero-order valence-electron chi connectivity index (χ0n) is 12.4. The maximum Gasteiger partial charge on any atom is 0.311 e. The smallest absolute Gasteiger partial charge is 0.311 e. The second-order valence-electron chi connectivity index (χ2n) is 5.25. The summed E-state index contributed by atoms with van der Waals surface area (Å²) in [6.45, 7) is -0.315. The van der Waals surface area contributed by atoms with E-state index in [4.69, 9.17) is 4.74 Å². The molecule has 1 aliphatic heterocycles. The van der Waals surface area contributed by atoms with E-state index < -0.39 is 17.7 Å². The molecule has 1 aliphatic rings. The Morgan fingerprint density at radius 2 is 2.05 bits per heavy atom. The number of halogens is 1. The Morgan fingerprint density at radius 1 is 1.36 bits per heavy atom. The van der Waals surface area contributed by atoms with Gasteiger partial charge in [-0.3, -0.25) is 14.4 Å². The molecule has 2 rings (SSSR count). The zero-order valence-corrected chi connectivity index (χ0v) is 12.4. The summed E-state index contributed by atoms with van der Waals surface area (Å²) in [5.41, 5.74) is 0.146. The van der Waals surface area contributed by atoms with E-state index in [1.54, 1.807) is 20.2 Å². The molecule has 7 heteroatoms. The fourth-order valence-corrected chi connectivity index (χ4v) is 2.15. The first-order valence-corrected chi connectivity index (χ1v) is 6.82. The van der Waals surface area contributed by atoms with Gasteiger partial charge in [0.2, 0.25) is 5.91 Å². The van der Waals surface area contributed by atoms with Crippen molar-refractivity contribution >= 4 is 23.5 Å². The molecule has 1 fully saturated rings. The molecule has 6 nitrogen and oxygen atoms in total. The van der Waals surface area contributed by atoms with Crippen molar-refractivity contribution in [3.05, 3.63) is 30.1 Å². The zero-order chi connectivity index (χ0) is 16.3. The number of benzene rings is 1. The lowest BCUT2D eigenvalue weighted by Crippen LogP contribution is -2.30. The third-order valence-electron chi connectivity index (χ3n) is 3.44. The van der Waals surface area contributed by atoms with Gasteiger partial charge in [0.15, 0.2) is 6.61 Å². The standard InChI is InChI=1S/C15H17FN2O4/c1-17(2)14(20)9-22-15(21)10-7-13(19)18(8-10)12-6-4-3-5-11(12)16/h3-6,10H,7-9H2,1-2H3/t10-/m1/s1. The fourth-order valence-electron chi connectivity index (χ4n) is 2.15. The summed E-state index contributed by atoms with van der Waals surface area (Å²) in [4.78, 5) is 37.8. The minimum Gasteiger partial charge on any atom is -0.455 e. The van der Waals surface area contributed by atoms with Crippen LogP contribution in [-0.2, 0) is 19.1 Å². The van der Waals surface area contributed by atoms with Crippen LogP contribution in [0.3, 0.4) is 0 Å². The van der Waals surface area contributed by atoms with Gasteiger partial charge in [0, 0.05) is 27.1 Å². The molecular formula is C15H17FN2O4. The number of para-hydroxylation sites is 1. The number of carbonyl (C=O) groups excluding carboxylic acids is 3. The van der Waals surface area contributed by atoms with Crippen LogP contribution in [0.15, 0.2) is 24.3 Å². The molecule has 22 heavy (non-hydrogen) atoms. The molecule has 1 aromatic carbocycles. The van der Waals surface area contributed by atoms with Crippen molar-refractivity contribution in [2.24, 2.45) is 5.92 Å². The summed E-state index contributed by atoms with van der Waals surface area (Å²) in [6, 6.07) is 5.88. The summed E-state index contributed by atoms with van der Waals surface area (Å²) in [5.74, 6) is -2.52. The van der Waals surface area contributed by atoms with Crippen molar-refractivity contribution in [2.45, 2.75) is 6.42 Å². The first kappa shape index (κ1) is 15.9. The van der Waals surface area contributed by atoms with Gasteiger partial charge in [-0.05, 0) is 12.1 Å². The summed E-state index contributed by atoms with van der Waals surface area (Å²) in [6.07, 6.45) is -0.0523. The normalized spacial score (nSPS) is 17.5. The molecule has 0 unspecified atom stereocenters. The lowest BCUT2D eigenvalue weighted by atomic mass is 10.1. The average Bonchev–Trinajstić information content (AvgIpc) is 2.86. The van der Waals surface area contributed by atoms with Crippen LogP contribution in [0, 0.1) is 11.7 Å². The first-order valence-electron chi connectivity index (χ1n) is 6.82. The molecule has 0 radical (unpaired) electrons. The van der Waals surface area contributed by atoms with Gasteiger partial charge in [0.25, 0.3) is 5.91 Å². The molecule has 1 aromatic rings. The lowest BCUT2D eigenvalue weighted by molar-refractivity contribution is -0.154. The molecule has 0 aliphatic carbocycles. The Morgan fingerprint density at radius 3 is 2.68 bits per heavy atom.